The predicted octanol–water partition coefficient (Wildman–Crippen LogP) is 2.96. The lowest BCUT2D eigenvalue weighted by atomic mass is 10.0. The Bertz CT molecular complexity index is 461. The van der Waals surface area contributed by atoms with E-state index in [9.17, 15) is 0 Å². The van der Waals surface area contributed by atoms with Gasteiger partial charge in [0.15, 0.2) is 5.96 Å². The molecule has 0 aliphatic heterocycles. The summed E-state index contributed by atoms with van der Waals surface area (Å²) in [6.45, 7) is 5.83. The van der Waals surface area contributed by atoms with Crippen LogP contribution in [0.15, 0.2) is 29.3 Å². The standard InChI is InChI=1S/C15H25ClN4.HI/c1-15(2,20(4)5)11-19-14(17-3)18-10-12-8-6-7-9-13(12)16;/h6-9H,10-11H2,1-5H3,(H2,17,18,19);1H. The Morgan fingerprint density at radius 3 is 2.38 bits per heavy atom. The summed E-state index contributed by atoms with van der Waals surface area (Å²) in [5.74, 6) is 0.778. The number of halogens is 2. The minimum Gasteiger partial charge on any atom is -0.355 e. The largest absolute Gasteiger partial charge is 0.355 e. The van der Waals surface area contributed by atoms with Crippen LogP contribution in [-0.2, 0) is 6.54 Å². The van der Waals surface area contributed by atoms with Crippen molar-refractivity contribution in [2.24, 2.45) is 4.99 Å². The highest BCUT2D eigenvalue weighted by Gasteiger charge is 2.20. The van der Waals surface area contributed by atoms with Crippen molar-refractivity contribution in [1.29, 1.82) is 0 Å². The topological polar surface area (TPSA) is 39.7 Å². The van der Waals surface area contributed by atoms with Gasteiger partial charge in [0.2, 0.25) is 0 Å². The van der Waals surface area contributed by atoms with Crippen molar-refractivity contribution < 1.29 is 0 Å². The van der Waals surface area contributed by atoms with Crippen LogP contribution in [0.5, 0.6) is 0 Å². The number of hydrogen-bond acceptors (Lipinski definition) is 2. The van der Waals surface area contributed by atoms with Crippen molar-refractivity contribution in [2.45, 2.75) is 25.9 Å². The summed E-state index contributed by atoms with van der Waals surface area (Å²) in [4.78, 5) is 6.41. The highest BCUT2D eigenvalue weighted by Crippen LogP contribution is 2.14. The van der Waals surface area contributed by atoms with Gasteiger partial charge in [-0.2, -0.15) is 0 Å². The first-order valence-electron chi connectivity index (χ1n) is 6.72. The third-order valence-electron chi connectivity index (χ3n) is 3.53. The van der Waals surface area contributed by atoms with Crippen LogP contribution in [0.2, 0.25) is 5.02 Å². The Morgan fingerprint density at radius 2 is 1.86 bits per heavy atom. The zero-order valence-corrected chi connectivity index (χ0v) is 16.5. The Kier molecular flexibility index (Phi) is 9.24. The van der Waals surface area contributed by atoms with Crippen molar-refractivity contribution >= 4 is 41.5 Å². The smallest absolute Gasteiger partial charge is 0.191 e. The van der Waals surface area contributed by atoms with E-state index in [0.29, 0.717) is 6.54 Å². The van der Waals surface area contributed by atoms with Crippen molar-refractivity contribution in [3.05, 3.63) is 34.9 Å². The van der Waals surface area contributed by atoms with Gasteiger partial charge in [0.25, 0.3) is 0 Å². The predicted molar refractivity (Wildman–Crippen MR) is 103 cm³/mol. The summed E-state index contributed by atoms with van der Waals surface area (Å²) in [5, 5.41) is 7.38. The normalized spacial score (nSPS) is 12.0. The SMILES string of the molecule is CN=C(NCc1ccccc1Cl)NCC(C)(C)N(C)C.I. The second-order valence-electron chi connectivity index (χ2n) is 5.58. The summed E-state index contributed by atoms with van der Waals surface area (Å²) in [6, 6.07) is 7.81. The molecule has 0 aromatic heterocycles. The van der Waals surface area contributed by atoms with Crippen LogP contribution in [0.3, 0.4) is 0 Å². The molecular formula is C15H26ClIN4. The number of rotatable bonds is 5. The second-order valence-corrected chi connectivity index (χ2v) is 5.98. The fourth-order valence-corrected chi connectivity index (χ4v) is 1.70. The van der Waals surface area contributed by atoms with Gasteiger partial charge in [-0.15, -0.1) is 24.0 Å². The van der Waals surface area contributed by atoms with Crippen molar-refractivity contribution in [3.8, 4) is 0 Å². The average molecular weight is 425 g/mol. The van der Waals surface area contributed by atoms with Crippen LogP contribution in [-0.4, -0.2) is 44.1 Å². The molecule has 0 saturated heterocycles. The molecule has 0 unspecified atom stereocenters. The molecule has 6 heteroatoms. The third-order valence-corrected chi connectivity index (χ3v) is 3.90. The van der Waals surface area contributed by atoms with E-state index in [1.54, 1.807) is 7.05 Å². The molecule has 1 aromatic carbocycles. The van der Waals surface area contributed by atoms with E-state index >= 15 is 0 Å². The minimum atomic E-state index is 0. The highest BCUT2D eigenvalue weighted by molar-refractivity contribution is 14.0. The van der Waals surface area contributed by atoms with Crippen molar-refractivity contribution in [1.82, 2.24) is 15.5 Å². The van der Waals surface area contributed by atoms with Gasteiger partial charge in [-0.25, -0.2) is 0 Å². The number of guanidine groups is 1. The van der Waals surface area contributed by atoms with Crippen LogP contribution in [0.1, 0.15) is 19.4 Å². The Hall–Kier alpha value is -0.530. The van der Waals surface area contributed by atoms with E-state index in [1.807, 2.05) is 24.3 Å². The molecule has 1 rings (SSSR count). The number of likely N-dealkylation sites (N-methyl/N-ethyl adjacent to an activating group) is 1. The number of benzene rings is 1. The van der Waals surface area contributed by atoms with Gasteiger partial charge in [0.05, 0.1) is 0 Å². The average Bonchev–Trinajstić information content (AvgIpc) is 2.40. The van der Waals surface area contributed by atoms with Crippen molar-refractivity contribution in [3.63, 3.8) is 0 Å². The first-order chi connectivity index (χ1) is 9.36. The molecule has 0 bridgehead atoms. The maximum absolute atomic E-state index is 6.14. The minimum absolute atomic E-state index is 0. The lowest BCUT2D eigenvalue weighted by Gasteiger charge is -2.33. The number of aliphatic imine (C=N–C) groups is 1. The molecule has 2 N–H and O–H groups in total. The van der Waals surface area contributed by atoms with Gasteiger partial charge in [-0.1, -0.05) is 29.8 Å². The molecule has 0 atom stereocenters. The Labute approximate surface area is 150 Å². The highest BCUT2D eigenvalue weighted by atomic mass is 127. The first kappa shape index (κ1) is 20.5. The first-order valence-corrected chi connectivity index (χ1v) is 7.10. The lowest BCUT2D eigenvalue weighted by Crippen LogP contribution is -2.50. The van der Waals surface area contributed by atoms with Gasteiger partial charge >= 0.3 is 0 Å². The molecule has 0 saturated carbocycles. The van der Waals surface area contributed by atoms with Crippen LogP contribution in [0, 0.1) is 0 Å². The molecule has 0 aliphatic rings. The van der Waals surface area contributed by atoms with E-state index in [0.717, 1.165) is 23.1 Å². The summed E-state index contributed by atoms with van der Waals surface area (Å²) in [7, 11) is 5.91. The molecule has 0 fully saturated rings. The van der Waals surface area contributed by atoms with Gasteiger partial charge in [-0.05, 0) is 39.6 Å². The quantitative estimate of drug-likeness (QED) is 0.434. The van der Waals surface area contributed by atoms with Gasteiger partial charge in [-0.3, -0.25) is 4.99 Å². The maximum atomic E-state index is 6.14. The molecule has 0 radical (unpaired) electrons. The molecule has 0 spiro atoms. The number of nitrogens with zero attached hydrogens (tertiary/aromatic N) is 2. The molecule has 120 valence electrons. The summed E-state index contributed by atoms with van der Waals surface area (Å²) in [6.07, 6.45) is 0. The van der Waals surface area contributed by atoms with Gasteiger partial charge < -0.3 is 15.5 Å². The molecule has 0 heterocycles. The third kappa shape index (κ3) is 6.84. The summed E-state index contributed by atoms with van der Waals surface area (Å²) < 4.78 is 0. The van der Waals surface area contributed by atoms with E-state index in [4.69, 9.17) is 11.6 Å². The fourth-order valence-electron chi connectivity index (χ4n) is 1.50. The molecule has 0 aliphatic carbocycles. The van der Waals surface area contributed by atoms with Crippen LogP contribution < -0.4 is 10.6 Å². The fraction of sp³-hybridized carbons (Fsp3) is 0.533. The molecule has 4 nitrogen and oxygen atoms in total. The lowest BCUT2D eigenvalue weighted by molar-refractivity contribution is 0.197. The number of nitrogens with one attached hydrogen (secondary N) is 2. The van der Waals surface area contributed by atoms with Crippen molar-refractivity contribution in [2.75, 3.05) is 27.7 Å². The summed E-state index contributed by atoms with van der Waals surface area (Å²) in [5.41, 5.74) is 1.12. The van der Waals surface area contributed by atoms with Gasteiger partial charge in [0, 0.05) is 30.7 Å². The molecular weight excluding hydrogens is 399 g/mol. The summed E-state index contributed by atoms with van der Waals surface area (Å²) >= 11 is 6.14. The van der Waals surface area contributed by atoms with Crippen LogP contribution in [0.4, 0.5) is 0 Å². The molecule has 1 aromatic rings. The monoisotopic (exact) mass is 424 g/mol. The van der Waals surface area contributed by atoms with Crippen LogP contribution in [0.25, 0.3) is 0 Å². The molecule has 21 heavy (non-hydrogen) atoms. The maximum Gasteiger partial charge on any atom is 0.191 e. The molecule has 0 amide bonds. The van der Waals surface area contributed by atoms with E-state index in [-0.39, 0.29) is 29.5 Å². The zero-order valence-electron chi connectivity index (χ0n) is 13.4. The van der Waals surface area contributed by atoms with E-state index in [1.165, 1.54) is 0 Å². The number of hydrogen-bond donors (Lipinski definition) is 2. The van der Waals surface area contributed by atoms with Crippen LogP contribution >= 0.6 is 35.6 Å². The Morgan fingerprint density at radius 1 is 1.24 bits per heavy atom. The zero-order chi connectivity index (χ0) is 15.2. The van der Waals surface area contributed by atoms with E-state index < -0.39 is 0 Å². The van der Waals surface area contributed by atoms with E-state index in [2.05, 4.69) is 48.5 Å². The second kappa shape index (κ2) is 9.48. The van der Waals surface area contributed by atoms with Gasteiger partial charge in [0.1, 0.15) is 0 Å². The Balaban J connectivity index is 0.00000400.